The Bertz CT molecular complexity index is 460. The molecule has 0 spiro atoms. The molecular formula is C19H31NO. The van der Waals surface area contributed by atoms with Gasteiger partial charge in [-0.2, -0.15) is 0 Å². The highest BCUT2D eigenvalue weighted by Gasteiger charge is 2.59. The van der Waals surface area contributed by atoms with Crippen LogP contribution in [-0.4, -0.2) is 16.9 Å². The summed E-state index contributed by atoms with van der Waals surface area (Å²) in [5.41, 5.74) is 1.77. The van der Waals surface area contributed by atoms with E-state index in [4.69, 9.17) is 5.41 Å². The van der Waals surface area contributed by atoms with Gasteiger partial charge < -0.3 is 10.5 Å². The number of fused-ring (bicyclic) bond motifs is 5. The fourth-order valence-electron chi connectivity index (χ4n) is 7.05. The summed E-state index contributed by atoms with van der Waals surface area (Å²) in [5.74, 6) is 3.27. The third kappa shape index (κ3) is 1.84. The van der Waals surface area contributed by atoms with E-state index in [-0.39, 0.29) is 11.5 Å². The maximum Gasteiger partial charge on any atom is 0.0543 e. The highest BCUT2D eigenvalue weighted by Crippen LogP contribution is 2.65. The monoisotopic (exact) mass is 289 g/mol. The Morgan fingerprint density at radius 3 is 2.62 bits per heavy atom. The molecule has 4 rings (SSSR count). The average Bonchev–Trinajstić information content (AvgIpc) is 2.76. The second-order valence-corrected chi connectivity index (χ2v) is 9.06. The van der Waals surface area contributed by atoms with Crippen LogP contribution in [0.4, 0.5) is 0 Å². The number of hydrogen-bond donors (Lipinski definition) is 2. The van der Waals surface area contributed by atoms with Crippen LogP contribution < -0.4 is 0 Å². The molecule has 0 aromatic rings. The normalized spacial score (nSPS) is 56.5. The van der Waals surface area contributed by atoms with E-state index < -0.39 is 0 Å². The molecule has 4 aliphatic carbocycles. The van der Waals surface area contributed by atoms with Crippen LogP contribution >= 0.6 is 0 Å². The standard InChI is InChI=1S/C19H31NO/c1-18-9-7-13(21)11-12(18)3-4-14-15-5-6-17(20)19(15,2)10-8-16(14)18/h12-16,20-21H,3-11H2,1-2H3/t12?,13?,14-,15-,16+,18-,19-/m0/s1. The van der Waals surface area contributed by atoms with Crippen molar-refractivity contribution in [2.75, 3.05) is 0 Å². The first-order chi connectivity index (χ1) is 9.95. The van der Waals surface area contributed by atoms with E-state index in [2.05, 4.69) is 13.8 Å². The molecule has 0 aromatic carbocycles. The number of nitrogens with one attached hydrogen (secondary N) is 1. The highest BCUT2D eigenvalue weighted by atomic mass is 16.3. The van der Waals surface area contributed by atoms with Gasteiger partial charge in [-0.15, -0.1) is 0 Å². The van der Waals surface area contributed by atoms with Gasteiger partial charge in [-0.05, 0) is 86.9 Å². The molecule has 0 heterocycles. The largest absolute Gasteiger partial charge is 0.393 e. The molecule has 21 heavy (non-hydrogen) atoms. The fraction of sp³-hybridized carbons (Fsp3) is 0.947. The van der Waals surface area contributed by atoms with Crippen molar-refractivity contribution in [3.8, 4) is 0 Å². The van der Waals surface area contributed by atoms with E-state index in [1.165, 1.54) is 38.5 Å². The first kappa shape index (κ1) is 14.2. The minimum absolute atomic E-state index is 0.0341. The lowest BCUT2D eigenvalue weighted by Gasteiger charge is -2.60. The second-order valence-electron chi connectivity index (χ2n) is 9.06. The minimum atomic E-state index is -0.0341. The smallest absolute Gasteiger partial charge is 0.0543 e. The van der Waals surface area contributed by atoms with E-state index in [0.29, 0.717) is 5.41 Å². The van der Waals surface area contributed by atoms with Crippen LogP contribution in [0.2, 0.25) is 0 Å². The van der Waals surface area contributed by atoms with Crippen LogP contribution in [0, 0.1) is 39.9 Å². The van der Waals surface area contributed by atoms with Crippen LogP contribution in [0.5, 0.6) is 0 Å². The second kappa shape index (κ2) is 4.57. The quantitative estimate of drug-likeness (QED) is 0.681. The molecule has 4 saturated carbocycles. The van der Waals surface area contributed by atoms with Crippen LogP contribution in [0.25, 0.3) is 0 Å². The summed E-state index contributed by atoms with van der Waals surface area (Å²) < 4.78 is 0. The Kier molecular flexibility index (Phi) is 3.10. The van der Waals surface area contributed by atoms with E-state index in [0.717, 1.165) is 48.6 Å². The summed E-state index contributed by atoms with van der Waals surface area (Å²) in [6, 6.07) is 0. The van der Waals surface area contributed by atoms with Gasteiger partial charge in [0.25, 0.3) is 0 Å². The third-order valence-electron chi connectivity index (χ3n) is 8.42. The minimum Gasteiger partial charge on any atom is -0.393 e. The molecule has 7 atom stereocenters. The van der Waals surface area contributed by atoms with Crippen molar-refractivity contribution in [1.82, 2.24) is 0 Å². The maximum atomic E-state index is 10.1. The van der Waals surface area contributed by atoms with E-state index in [9.17, 15) is 5.11 Å². The zero-order chi connectivity index (χ0) is 14.8. The zero-order valence-corrected chi connectivity index (χ0v) is 13.7. The predicted octanol–water partition coefficient (Wildman–Crippen LogP) is 4.41. The molecule has 4 aliphatic rings. The lowest BCUT2D eigenvalue weighted by Crippen LogP contribution is -2.53. The topological polar surface area (TPSA) is 44.1 Å². The molecular weight excluding hydrogens is 258 g/mol. The molecule has 2 nitrogen and oxygen atoms in total. The lowest BCUT2D eigenvalue weighted by atomic mass is 9.45. The van der Waals surface area contributed by atoms with Crippen molar-refractivity contribution in [3.63, 3.8) is 0 Å². The van der Waals surface area contributed by atoms with Gasteiger partial charge in [0, 0.05) is 11.1 Å². The molecule has 0 amide bonds. The lowest BCUT2D eigenvalue weighted by molar-refractivity contribution is -0.113. The van der Waals surface area contributed by atoms with E-state index in [1.54, 1.807) is 0 Å². The summed E-state index contributed by atoms with van der Waals surface area (Å²) in [5, 5.41) is 18.5. The highest BCUT2D eigenvalue weighted by molar-refractivity contribution is 5.89. The van der Waals surface area contributed by atoms with Crippen molar-refractivity contribution < 1.29 is 5.11 Å². The molecule has 0 aliphatic heterocycles. The zero-order valence-electron chi connectivity index (χ0n) is 13.7. The van der Waals surface area contributed by atoms with Crippen molar-refractivity contribution >= 4 is 5.71 Å². The molecule has 4 fully saturated rings. The van der Waals surface area contributed by atoms with Gasteiger partial charge in [0.15, 0.2) is 0 Å². The molecule has 0 bridgehead atoms. The number of rotatable bonds is 0. The Hall–Kier alpha value is -0.370. The van der Waals surface area contributed by atoms with Gasteiger partial charge in [-0.3, -0.25) is 0 Å². The van der Waals surface area contributed by atoms with E-state index in [1.807, 2.05) is 0 Å². The Morgan fingerprint density at radius 1 is 1.00 bits per heavy atom. The summed E-state index contributed by atoms with van der Waals surface area (Å²) in [6.07, 6.45) is 10.9. The van der Waals surface area contributed by atoms with Crippen molar-refractivity contribution in [2.45, 2.75) is 77.7 Å². The van der Waals surface area contributed by atoms with Gasteiger partial charge >= 0.3 is 0 Å². The van der Waals surface area contributed by atoms with Gasteiger partial charge in [0.2, 0.25) is 0 Å². The Balaban J connectivity index is 1.64. The Labute approximate surface area is 129 Å². The van der Waals surface area contributed by atoms with Gasteiger partial charge in [0.1, 0.15) is 0 Å². The van der Waals surface area contributed by atoms with Crippen LogP contribution in [0.3, 0.4) is 0 Å². The van der Waals surface area contributed by atoms with Gasteiger partial charge in [-0.25, -0.2) is 0 Å². The molecule has 0 aromatic heterocycles. The summed E-state index contributed by atoms with van der Waals surface area (Å²) >= 11 is 0. The van der Waals surface area contributed by atoms with Crippen LogP contribution in [0.15, 0.2) is 0 Å². The van der Waals surface area contributed by atoms with Crippen molar-refractivity contribution in [1.29, 1.82) is 5.41 Å². The van der Waals surface area contributed by atoms with Gasteiger partial charge in [0.05, 0.1) is 6.10 Å². The molecule has 118 valence electrons. The molecule has 0 saturated heterocycles. The number of hydrogen-bond acceptors (Lipinski definition) is 2. The summed E-state index contributed by atoms with van der Waals surface area (Å²) in [6.45, 7) is 4.94. The summed E-state index contributed by atoms with van der Waals surface area (Å²) in [4.78, 5) is 0. The van der Waals surface area contributed by atoms with E-state index >= 15 is 0 Å². The number of aliphatic hydroxyl groups excluding tert-OH is 1. The summed E-state index contributed by atoms with van der Waals surface area (Å²) in [7, 11) is 0. The predicted molar refractivity (Wildman–Crippen MR) is 85.5 cm³/mol. The SMILES string of the molecule is C[C@]12CCC(O)CC1CC[C@@H]1[C@H]2CC[C@]2(C)C(=N)CC[C@@H]12. The van der Waals surface area contributed by atoms with Crippen molar-refractivity contribution in [2.24, 2.45) is 34.5 Å². The van der Waals surface area contributed by atoms with Crippen LogP contribution in [-0.2, 0) is 0 Å². The Morgan fingerprint density at radius 2 is 1.81 bits per heavy atom. The average molecular weight is 289 g/mol. The molecule has 2 heteroatoms. The molecule has 0 radical (unpaired) electrons. The van der Waals surface area contributed by atoms with Crippen molar-refractivity contribution in [3.05, 3.63) is 0 Å². The number of aliphatic hydroxyl groups is 1. The molecule has 2 unspecified atom stereocenters. The maximum absolute atomic E-state index is 10.1. The molecule has 2 N–H and O–H groups in total. The first-order valence-corrected chi connectivity index (χ1v) is 9.21. The third-order valence-corrected chi connectivity index (χ3v) is 8.42. The fourth-order valence-corrected chi connectivity index (χ4v) is 7.05. The van der Waals surface area contributed by atoms with Crippen LogP contribution in [0.1, 0.15) is 71.6 Å². The first-order valence-electron chi connectivity index (χ1n) is 9.21. The van der Waals surface area contributed by atoms with Gasteiger partial charge in [-0.1, -0.05) is 13.8 Å².